The number of allylic oxidation sites excluding steroid dienone is 6. The SMILES string of the molecule is CC(C)(C)C=C1C(=C(C#N)C#N)c2ccccc2C1=C(C#N)C#N. The number of nitrogens with zero attached hydrogens (tertiary/aromatic N) is 4. The van der Waals surface area contributed by atoms with Gasteiger partial charge in [-0.15, -0.1) is 0 Å². The van der Waals surface area contributed by atoms with E-state index in [0.29, 0.717) is 27.8 Å². The maximum absolute atomic E-state index is 9.36. The maximum Gasteiger partial charge on any atom is 0.138 e. The summed E-state index contributed by atoms with van der Waals surface area (Å²) in [6.07, 6.45) is 1.90. The van der Waals surface area contributed by atoms with Gasteiger partial charge in [-0.2, -0.15) is 21.0 Å². The molecule has 1 aromatic rings. The highest BCUT2D eigenvalue weighted by Crippen LogP contribution is 2.48. The molecule has 0 saturated heterocycles. The van der Waals surface area contributed by atoms with E-state index in [0.717, 1.165) is 0 Å². The lowest BCUT2D eigenvalue weighted by atomic mass is 9.87. The van der Waals surface area contributed by atoms with Gasteiger partial charge in [0.2, 0.25) is 0 Å². The summed E-state index contributed by atoms with van der Waals surface area (Å²) >= 11 is 0. The lowest BCUT2D eigenvalue weighted by molar-refractivity contribution is 0.543. The summed E-state index contributed by atoms with van der Waals surface area (Å²) in [6.45, 7) is 5.94. The summed E-state index contributed by atoms with van der Waals surface area (Å²) in [7, 11) is 0. The Morgan fingerprint density at radius 3 is 1.46 bits per heavy atom. The van der Waals surface area contributed by atoms with E-state index in [2.05, 4.69) is 0 Å². The van der Waals surface area contributed by atoms with Crippen LogP contribution in [0.3, 0.4) is 0 Å². The molecule has 0 amide bonds. The number of fused-ring (bicyclic) bond motifs is 1. The van der Waals surface area contributed by atoms with Crippen molar-refractivity contribution in [2.75, 3.05) is 0 Å². The summed E-state index contributed by atoms with van der Waals surface area (Å²) < 4.78 is 0. The first kappa shape index (κ1) is 16.8. The van der Waals surface area contributed by atoms with Gasteiger partial charge in [-0.1, -0.05) is 51.1 Å². The molecule has 0 atom stereocenters. The third-order valence-electron chi connectivity index (χ3n) is 3.53. The minimum Gasteiger partial charge on any atom is -0.192 e. The minimum absolute atomic E-state index is 0.0248. The van der Waals surface area contributed by atoms with E-state index in [1.165, 1.54) is 0 Å². The highest BCUT2D eigenvalue weighted by atomic mass is 14.4. The lowest BCUT2D eigenvalue weighted by Crippen LogP contribution is -2.02. The van der Waals surface area contributed by atoms with Crippen LogP contribution in [0.4, 0.5) is 0 Å². The van der Waals surface area contributed by atoms with Gasteiger partial charge >= 0.3 is 0 Å². The summed E-state index contributed by atoms with van der Waals surface area (Å²) in [6, 6.07) is 15.0. The molecule has 0 spiro atoms. The normalized spacial score (nSPS) is 12.4. The standard InChI is InChI=1S/C20H14N4/c1-20(2,3)8-17-18(13(9-21)10-22)15-6-4-5-7-16(15)19(17)14(11-23)12-24/h4-8H,1-3H3. The molecule has 0 radical (unpaired) electrons. The zero-order valence-electron chi connectivity index (χ0n) is 13.7. The molecule has 114 valence electrons. The Morgan fingerprint density at radius 1 is 0.792 bits per heavy atom. The van der Waals surface area contributed by atoms with E-state index in [-0.39, 0.29) is 16.6 Å². The van der Waals surface area contributed by atoms with Crippen LogP contribution in [0, 0.1) is 50.7 Å². The average molecular weight is 310 g/mol. The monoisotopic (exact) mass is 310 g/mol. The van der Waals surface area contributed by atoms with E-state index < -0.39 is 0 Å². The molecule has 0 heterocycles. The van der Waals surface area contributed by atoms with Crippen LogP contribution in [-0.4, -0.2) is 0 Å². The Labute approximate surface area is 141 Å². The molecule has 0 unspecified atom stereocenters. The van der Waals surface area contributed by atoms with E-state index in [4.69, 9.17) is 0 Å². The molecule has 4 heteroatoms. The van der Waals surface area contributed by atoms with Gasteiger partial charge in [-0.05, 0) is 22.1 Å². The molecule has 24 heavy (non-hydrogen) atoms. The van der Waals surface area contributed by atoms with E-state index in [1.54, 1.807) is 24.3 Å². The van der Waals surface area contributed by atoms with Crippen molar-refractivity contribution >= 4 is 11.1 Å². The third kappa shape index (κ3) is 2.83. The largest absolute Gasteiger partial charge is 0.192 e. The molecule has 0 fully saturated rings. The van der Waals surface area contributed by atoms with Crippen LogP contribution in [0.15, 0.2) is 47.1 Å². The van der Waals surface area contributed by atoms with E-state index >= 15 is 0 Å². The molecular formula is C20H14N4. The highest BCUT2D eigenvalue weighted by Gasteiger charge is 2.32. The van der Waals surface area contributed by atoms with Crippen LogP contribution < -0.4 is 0 Å². The first-order chi connectivity index (χ1) is 11.4. The quantitative estimate of drug-likeness (QED) is 0.668. The van der Waals surface area contributed by atoms with Crippen molar-refractivity contribution in [1.29, 1.82) is 21.0 Å². The van der Waals surface area contributed by atoms with Crippen LogP contribution in [0.1, 0.15) is 31.9 Å². The van der Waals surface area contributed by atoms with Crippen LogP contribution in [0.25, 0.3) is 11.1 Å². The Hall–Kier alpha value is -3.60. The zero-order valence-corrected chi connectivity index (χ0v) is 13.7. The number of hydrogen-bond acceptors (Lipinski definition) is 4. The van der Waals surface area contributed by atoms with Gasteiger partial charge < -0.3 is 0 Å². The fourth-order valence-electron chi connectivity index (χ4n) is 2.72. The van der Waals surface area contributed by atoms with E-state index in [9.17, 15) is 21.0 Å². The number of nitriles is 4. The van der Waals surface area contributed by atoms with Gasteiger partial charge in [0.25, 0.3) is 0 Å². The zero-order chi connectivity index (χ0) is 17.9. The van der Waals surface area contributed by atoms with Gasteiger partial charge in [-0.25, -0.2) is 0 Å². The van der Waals surface area contributed by atoms with Crippen molar-refractivity contribution in [3.63, 3.8) is 0 Å². The summed E-state index contributed by atoms with van der Waals surface area (Å²) in [5, 5.41) is 37.5. The Balaban J connectivity index is 3.07. The number of benzene rings is 1. The molecule has 1 aliphatic carbocycles. The fraction of sp³-hybridized carbons (Fsp3) is 0.200. The van der Waals surface area contributed by atoms with Gasteiger partial charge in [0.1, 0.15) is 35.4 Å². The summed E-state index contributed by atoms with van der Waals surface area (Å²) in [5.41, 5.74) is 2.66. The molecular weight excluding hydrogens is 296 g/mol. The molecule has 1 aliphatic rings. The van der Waals surface area contributed by atoms with Crippen LogP contribution >= 0.6 is 0 Å². The lowest BCUT2D eigenvalue weighted by Gasteiger charge is -2.16. The molecule has 0 N–H and O–H groups in total. The molecule has 2 rings (SSSR count). The second kappa shape index (κ2) is 6.26. The fourth-order valence-corrected chi connectivity index (χ4v) is 2.72. The van der Waals surface area contributed by atoms with Crippen molar-refractivity contribution in [3.05, 3.63) is 58.2 Å². The van der Waals surface area contributed by atoms with E-state index in [1.807, 2.05) is 51.1 Å². The Bertz CT molecular complexity index is 866. The molecule has 1 aromatic carbocycles. The molecule has 0 saturated carbocycles. The average Bonchev–Trinajstić information content (AvgIpc) is 2.84. The van der Waals surface area contributed by atoms with Gasteiger partial charge in [-0.3, -0.25) is 0 Å². The van der Waals surface area contributed by atoms with Crippen LogP contribution in [0.2, 0.25) is 0 Å². The molecule has 0 bridgehead atoms. The highest BCUT2D eigenvalue weighted by molar-refractivity contribution is 6.12. The second-order valence-corrected chi connectivity index (χ2v) is 6.42. The van der Waals surface area contributed by atoms with Crippen molar-refractivity contribution < 1.29 is 0 Å². The molecule has 0 aromatic heterocycles. The maximum atomic E-state index is 9.36. The smallest absolute Gasteiger partial charge is 0.138 e. The predicted molar refractivity (Wildman–Crippen MR) is 90.3 cm³/mol. The predicted octanol–water partition coefficient (Wildman–Crippen LogP) is 4.27. The summed E-state index contributed by atoms with van der Waals surface area (Å²) in [5.74, 6) is 0. The Morgan fingerprint density at radius 2 is 1.17 bits per heavy atom. The first-order valence-corrected chi connectivity index (χ1v) is 7.30. The number of hydrogen-bond donors (Lipinski definition) is 0. The first-order valence-electron chi connectivity index (χ1n) is 7.30. The van der Waals surface area contributed by atoms with Crippen molar-refractivity contribution in [3.8, 4) is 24.3 Å². The molecule has 4 nitrogen and oxygen atoms in total. The van der Waals surface area contributed by atoms with Gasteiger partial charge in [0, 0.05) is 11.1 Å². The minimum atomic E-state index is -0.264. The van der Waals surface area contributed by atoms with Gasteiger partial charge in [0.05, 0.1) is 0 Å². The topological polar surface area (TPSA) is 95.2 Å². The number of rotatable bonds is 0. The second-order valence-electron chi connectivity index (χ2n) is 6.42. The van der Waals surface area contributed by atoms with Gasteiger partial charge in [0.15, 0.2) is 0 Å². The van der Waals surface area contributed by atoms with Crippen molar-refractivity contribution in [2.45, 2.75) is 20.8 Å². The van der Waals surface area contributed by atoms with Crippen molar-refractivity contribution in [2.24, 2.45) is 5.41 Å². The third-order valence-corrected chi connectivity index (χ3v) is 3.53. The van der Waals surface area contributed by atoms with Crippen LogP contribution in [-0.2, 0) is 0 Å². The molecule has 0 aliphatic heterocycles. The summed E-state index contributed by atoms with van der Waals surface area (Å²) in [4.78, 5) is 0. The Kier molecular flexibility index (Phi) is 4.37. The van der Waals surface area contributed by atoms with Crippen molar-refractivity contribution in [1.82, 2.24) is 0 Å². The van der Waals surface area contributed by atoms with Crippen LogP contribution in [0.5, 0.6) is 0 Å².